The van der Waals surface area contributed by atoms with Crippen molar-refractivity contribution >= 4 is 11.9 Å². The Morgan fingerprint density at radius 2 is 1.15 bits per heavy atom. The smallest absolute Gasteiger partial charge is 0.306 e. The van der Waals surface area contributed by atoms with Crippen LogP contribution in [0, 0.1) is 0 Å². The van der Waals surface area contributed by atoms with Crippen LogP contribution in [0.15, 0.2) is 36.5 Å². The van der Waals surface area contributed by atoms with Gasteiger partial charge in [0.05, 0.1) is 18.8 Å². The van der Waals surface area contributed by atoms with E-state index >= 15 is 0 Å². The number of aliphatic hydroxyl groups excluding tert-OH is 1. The minimum absolute atomic E-state index is 0.0925. The second kappa shape index (κ2) is 31.7. The van der Waals surface area contributed by atoms with Crippen LogP contribution in [0.1, 0.15) is 174 Å². The fraction of sp³-hybridized carbons (Fsp3) is 0.800. The zero-order chi connectivity index (χ0) is 33.3. The molecule has 266 valence electrons. The Balaban J connectivity index is 1.95. The molecular weight excluding hydrogens is 576 g/mol. The van der Waals surface area contributed by atoms with Gasteiger partial charge in [0, 0.05) is 12.8 Å². The third-order valence-corrected chi connectivity index (χ3v) is 8.61. The number of hydrogen-bond donors (Lipinski definition) is 1. The van der Waals surface area contributed by atoms with Crippen molar-refractivity contribution in [2.75, 3.05) is 13.2 Å². The highest BCUT2D eigenvalue weighted by molar-refractivity contribution is 5.70. The second-order valence-electron chi connectivity index (χ2n) is 13.0. The highest BCUT2D eigenvalue weighted by atomic mass is 16.6. The summed E-state index contributed by atoms with van der Waals surface area (Å²) >= 11 is 0. The zero-order valence-electron chi connectivity index (χ0n) is 29.8. The van der Waals surface area contributed by atoms with Gasteiger partial charge in [0.15, 0.2) is 6.10 Å². The normalized spacial score (nSPS) is 16.9. The number of carbonyl (C=O) groups excluding carboxylic acids is 2. The van der Waals surface area contributed by atoms with Crippen LogP contribution in [0.3, 0.4) is 0 Å². The standard InChI is InChI=1S/C40H70O6/c1-3-5-7-9-11-13-15-17-18-20-22-24-26-28-32-39(42)44-35-36(34-41)45-40(43)33-29-31-38-37(46-38)30-27-25-23-21-19-16-14-12-10-8-6-4-2/h12,14,19,21,25,27,36-38,41H,3-11,13,15-18,20,22-24,26,28-35H2,1-2H3/b14-12-,21-19-,27-25-/t36-,37?,38?/m0/s1. The zero-order valence-corrected chi connectivity index (χ0v) is 29.8. The summed E-state index contributed by atoms with van der Waals surface area (Å²) in [7, 11) is 0. The van der Waals surface area contributed by atoms with E-state index in [0.717, 1.165) is 44.9 Å². The molecule has 0 spiro atoms. The summed E-state index contributed by atoms with van der Waals surface area (Å²) in [6, 6.07) is 0. The molecule has 2 unspecified atom stereocenters. The molecule has 0 aromatic carbocycles. The summed E-state index contributed by atoms with van der Waals surface area (Å²) in [5, 5.41) is 9.56. The summed E-state index contributed by atoms with van der Waals surface area (Å²) in [5.74, 6) is -0.664. The minimum Gasteiger partial charge on any atom is -0.462 e. The average molecular weight is 647 g/mol. The van der Waals surface area contributed by atoms with Crippen LogP contribution in [0.2, 0.25) is 0 Å². The van der Waals surface area contributed by atoms with Gasteiger partial charge >= 0.3 is 11.9 Å². The average Bonchev–Trinajstić information content (AvgIpc) is 3.81. The Morgan fingerprint density at radius 3 is 1.76 bits per heavy atom. The lowest BCUT2D eigenvalue weighted by atomic mass is 10.0. The lowest BCUT2D eigenvalue weighted by molar-refractivity contribution is -0.161. The molecule has 0 aromatic heterocycles. The largest absolute Gasteiger partial charge is 0.462 e. The van der Waals surface area contributed by atoms with Gasteiger partial charge in [-0.3, -0.25) is 9.59 Å². The van der Waals surface area contributed by atoms with E-state index in [0.29, 0.717) is 12.8 Å². The van der Waals surface area contributed by atoms with E-state index in [4.69, 9.17) is 14.2 Å². The highest BCUT2D eigenvalue weighted by Gasteiger charge is 2.36. The number of allylic oxidation sites excluding steroid dienone is 5. The molecule has 1 saturated heterocycles. The van der Waals surface area contributed by atoms with Gasteiger partial charge in [-0.05, 0) is 51.4 Å². The number of aliphatic hydroxyl groups is 1. The summed E-state index contributed by atoms with van der Waals surface area (Å²) in [6.45, 7) is 4.04. The first kappa shape index (κ1) is 42.1. The molecule has 1 aliphatic heterocycles. The first-order valence-corrected chi connectivity index (χ1v) is 19.2. The van der Waals surface area contributed by atoms with Gasteiger partial charge in [0.1, 0.15) is 6.61 Å². The highest BCUT2D eigenvalue weighted by Crippen LogP contribution is 2.30. The van der Waals surface area contributed by atoms with Gasteiger partial charge in [-0.1, -0.05) is 147 Å². The van der Waals surface area contributed by atoms with E-state index in [1.165, 1.54) is 96.3 Å². The number of esters is 2. The Morgan fingerprint density at radius 1 is 0.630 bits per heavy atom. The van der Waals surface area contributed by atoms with Crippen molar-refractivity contribution in [3.63, 3.8) is 0 Å². The monoisotopic (exact) mass is 647 g/mol. The lowest BCUT2D eigenvalue weighted by Gasteiger charge is -2.15. The van der Waals surface area contributed by atoms with Crippen molar-refractivity contribution in [1.29, 1.82) is 0 Å². The number of epoxide rings is 1. The molecule has 6 nitrogen and oxygen atoms in total. The molecule has 0 amide bonds. The molecule has 0 saturated carbocycles. The second-order valence-corrected chi connectivity index (χ2v) is 13.0. The third kappa shape index (κ3) is 27.2. The van der Waals surface area contributed by atoms with Crippen molar-refractivity contribution < 1.29 is 28.9 Å². The molecule has 0 aliphatic carbocycles. The van der Waals surface area contributed by atoms with Crippen LogP contribution < -0.4 is 0 Å². The first-order valence-electron chi connectivity index (χ1n) is 19.2. The van der Waals surface area contributed by atoms with Crippen LogP contribution in [0.25, 0.3) is 0 Å². The van der Waals surface area contributed by atoms with Gasteiger partial charge in [0.2, 0.25) is 0 Å². The van der Waals surface area contributed by atoms with E-state index in [1.54, 1.807) is 0 Å². The molecular formula is C40H70O6. The molecule has 1 rings (SSSR count). The van der Waals surface area contributed by atoms with Crippen molar-refractivity contribution in [1.82, 2.24) is 0 Å². The molecule has 3 atom stereocenters. The van der Waals surface area contributed by atoms with Crippen molar-refractivity contribution in [3.05, 3.63) is 36.5 Å². The number of rotatable bonds is 33. The molecule has 1 fully saturated rings. The van der Waals surface area contributed by atoms with E-state index in [1.807, 2.05) is 0 Å². The molecule has 0 aromatic rings. The van der Waals surface area contributed by atoms with Crippen LogP contribution in [0.4, 0.5) is 0 Å². The van der Waals surface area contributed by atoms with Crippen LogP contribution in [-0.2, 0) is 23.8 Å². The number of hydrogen-bond acceptors (Lipinski definition) is 6. The fourth-order valence-corrected chi connectivity index (χ4v) is 5.58. The van der Waals surface area contributed by atoms with Crippen LogP contribution >= 0.6 is 0 Å². The maximum absolute atomic E-state index is 12.2. The number of carbonyl (C=O) groups is 2. The molecule has 6 heteroatoms. The lowest BCUT2D eigenvalue weighted by Crippen LogP contribution is -2.28. The van der Waals surface area contributed by atoms with E-state index in [-0.39, 0.29) is 43.8 Å². The maximum atomic E-state index is 12.2. The van der Waals surface area contributed by atoms with E-state index < -0.39 is 6.10 Å². The topological polar surface area (TPSA) is 85.4 Å². The SMILES string of the molecule is CCCCC/C=C\C/C=C\C/C=C\CC1OC1CCCC(=O)O[C@@H](CO)COC(=O)CCCCCCCCCCCCCCCC. The first-order chi connectivity index (χ1) is 22.6. The molecule has 46 heavy (non-hydrogen) atoms. The van der Waals surface area contributed by atoms with Crippen molar-refractivity contribution in [2.45, 2.75) is 193 Å². The summed E-state index contributed by atoms with van der Waals surface area (Å²) in [6.07, 6.45) is 40.8. The quantitative estimate of drug-likeness (QED) is 0.0330. The third-order valence-electron chi connectivity index (χ3n) is 8.61. The van der Waals surface area contributed by atoms with Crippen LogP contribution in [-0.4, -0.2) is 48.6 Å². The minimum atomic E-state index is -0.807. The molecule has 0 bridgehead atoms. The van der Waals surface area contributed by atoms with E-state index in [9.17, 15) is 14.7 Å². The molecule has 1 aliphatic rings. The van der Waals surface area contributed by atoms with Gasteiger partial charge in [-0.2, -0.15) is 0 Å². The fourth-order valence-electron chi connectivity index (χ4n) is 5.58. The van der Waals surface area contributed by atoms with Gasteiger partial charge in [-0.15, -0.1) is 0 Å². The predicted octanol–water partition coefficient (Wildman–Crippen LogP) is 10.7. The maximum Gasteiger partial charge on any atom is 0.306 e. The Labute approximate surface area is 282 Å². The molecule has 1 N–H and O–H groups in total. The van der Waals surface area contributed by atoms with Crippen molar-refractivity contribution in [3.8, 4) is 0 Å². The molecule has 1 heterocycles. The van der Waals surface area contributed by atoms with Gasteiger partial charge in [0.25, 0.3) is 0 Å². The van der Waals surface area contributed by atoms with Gasteiger partial charge in [-0.25, -0.2) is 0 Å². The Kier molecular flexibility index (Phi) is 29.0. The number of ether oxygens (including phenoxy) is 3. The van der Waals surface area contributed by atoms with Crippen LogP contribution in [0.5, 0.6) is 0 Å². The summed E-state index contributed by atoms with van der Waals surface area (Å²) in [5.41, 5.74) is 0. The van der Waals surface area contributed by atoms with Crippen molar-refractivity contribution in [2.24, 2.45) is 0 Å². The van der Waals surface area contributed by atoms with Gasteiger partial charge < -0.3 is 19.3 Å². The number of unbranched alkanes of at least 4 members (excludes halogenated alkanes) is 16. The predicted molar refractivity (Wildman–Crippen MR) is 191 cm³/mol. The van der Waals surface area contributed by atoms with E-state index in [2.05, 4.69) is 50.3 Å². The Hall–Kier alpha value is -1.92. The Bertz CT molecular complexity index is 804. The molecule has 0 radical (unpaired) electrons. The summed E-state index contributed by atoms with van der Waals surface area (Å²) in [4.78, 5) is 24.3. The summed E-state index contributed by atoms with van der Waals surface area (Å²) < 4.78 is 16.3.